The minimum atomic E-state index is -0.132. The summed E-state index contributed by atoms with van der Waals surface area (Å²) < 4.78 is 5.14. The molecular weight excluding hydrogens is 310 g/mol. The van der Waals surface area contributed by atoms with Gasteiger partial charge in [0.25, 0.3) is 5.91 Å². The topological polar surface area (TPSA) is 74.1 Å². The molecule has 2 fully saturated rings. The summed E-state index contributed by atoms with van der Waals surface area (Å²) in [7, 11) is 0. The molecule has 2 aliphatic rings. The summed E-state index contributed by atoms with van der Waals surface area (Å²) in [6.07, 6.45) is 3.18. The van der Waals surface area contributed by atoms with E-state index in [1.807, 2.05) is 4.90 Å². The Hall–Kier alpha value is -2.31. The van der Waals surface area contributed by atoms with E-state index in [4.69, 9.17) is 4.42 Å². The third-order valence-electron chi connectivity index (χ3n) is 4.83. The monoisotopic (exact) mass is 333 g/mol. The molecule has 0 bridgehead atoms. The number of carbonyl (C=O) groups is 3. The summed E-state index contributed by atoms with van der Waals surface area (Å²) in [4.78, 5) is 41.7. The Bertz CT molecular complexity index is 605. The molecule has 1 aromatic heterocycles. The van der Waals surface area contributed by atoms with Gasteiger partial charge < -0.3 is 19.1 Å². The van der Waals surface area contributed by atoms with Gasteiger partial charge in [-0.15, -0.1) is 0 Å². The number of furan rings is 1. The molecule has 0 spiro atoms. The van der Waals surface area contributed by atoms with Crippen LogP contribution in [0.15, 0.2) is 22.8 Å². The van der Waals surface area contributed by atoms with Crippen LogP contribution in [0.3, 0.4) is 0 Å². The van der Waals surface area contributed by atoms with Crippen molar-refractivity contribution >= 4 is 17.7 Å². The fourth-order valence-corrected chi connectivity index (χ4v) is 3.41. The molecule has 1 atom stereocenters. The van der Waals surface area contributed by atoms with Gasteiger partial charge in [-0.25, -0.2) is 0 Å². The fraction of sp³-hybridized carbons (Fsp3) is 0.588. The Morgan fingerprint density at radius 2 is 1.75 bits per heavy atom. The Kier molecular flexibility index (Phi) is 4.87. The lowest BCUT2D eigenvalue weighted by Gasteiger charge is -2.38. The van der Waals surface area contributed by atoms with Crippen LogP contribution in [0.4, 0.5) is 0 Å². The number of likely N-dealkylation sites (tertiary alicyclic amines) is 1. The Labute approximate surface area is 141 Å². The standard InChI is InChI=1S/C17H23N3O4/c1-13(21)20-6-2-4-14(12-20)16(22)18-7-9-19(10-8-18)17(23)15-5-3-11-24-15/h3,5,11,14H,2,4,6-10,12H2,1H3. The molecule has 7 nitrogen and oxygen atoms in total. The van der Waals surface area contributed by atoms with E-state index in [2.05, 4.69) is 0 Å². The Morgan fingerprint density at radius 3 is 2.38 bits per heavy atom. The lowest BCUT2D eigenvalue weighted by Crippen LogP contribution is -2.54. The highest BCUT2D eigenvalue weighted by molar-refractivity contribution is 5.91. The van der Waals surface area contributed by atoms with Crippen molar-refractivity contribution in [2.75, 3.05) is 39.3 Å². The smallest absolute Gasteiger partial charge is 0.289 e. The summed E-state index contributed by atoms with van der Waals surface area (Å²) in [6.45, 7) is 4.88. The van der Waals surface area contributed by atoms with Crippen LogP contribution >= 0.6 is 0 Å². The first-order valence-corrected chi connectivity index (χ1v) is 8.43. The predicted octanol–water partition coefficient (Wildman–Crippen LogP) is 0.822. The average Bonchev–Trinajstić information content (AvgIpc) is 3.15. The minimum Gasteiger partial charge on any atom is -0.459 e. The van der Waals surface area contributed by atoms with Crippen LogP contribution in [0.25, 0.3) is 0 Å². The summed E-state index contributed by atoms with van der Waals surface area (Å²) in [5.41, 5.74) is 0. The van der Waals surface area contributed by atoms with Crippen LogP contribution in [-0.4, -0.2) is 71.7 Å². The van der Waals surface area contributed by atoms with Crippen molar-refractivity contribution in [2.24, 2.45) is 5.92 Å². The summed E-state index contributed by atoms with van der Waals surface area (Å²) >= 11 is 0. The molecule has 3 rings (SSSR count). The third-order valence-corrected chi connectivity index (χ3v) is 4.83. The van der Waals surface area contributed by atoms with Crippen molar-refractivity contribution in [3.8, 4) is 0 Å². The molecule has 2 saturated heterocycles. The fourth-order valence-electron chi connectivity index (χ4n) is 3.41. The van der Waals surface area contributed by atoms with E-state index in [0.717, 1.165) is 19.4 Å². The number of carbonyl (C=O) groups excluding carboxylic acids is 3. The van der Waals surface area contributed by atoms with Gasteiger partial charge in [0.2, 0.25) is 11.8 Å². The quantitative estimate of drug-likeness (QED) is 0.803. The lowest BCUT2D eigenvalue weighted by molar-refractivity contribution is -0.141. The molecule has 130 valence electrons. The van der Waals surface area contributed by atoms with E-state index in [1.165, 1.54) is 6.26 Å². The number of piperazine rings is 1. The third kappa shape index (κ3) is 3.44. The van der Waals surface area contributed by atoms with Gasteiger partial charge in [0.05, 0.1) is 12.2 Å². The highest BCUT2D eigenvalue weighted by atomic mass is 16.3. The van der Waals surface area contributed by atoms with E-state index in [-0.39, 0.29) is 23.6 Å². The maximum Gasteiger partial charge on any atom is 0.289 e. The second-order valence-corrected chi connectivity index (χ2v) is 6.40. The second-order valence-electron chi connectivity index (χ2n) is 6.40. The van der Waals surface area contributed by atoms with Crippen LogP contribution in [-0.2, 0) is 9.59 Å². The number of hydrogen-bond donors (Lipinski definition) is 0. The second kappa shape index (κ2) is 7.07. The number of amides is 3. The van der Waals surface area contributed by atoms with E-state index < -0.39 is 0 Å². The van der Waals surface area contributed by atoms with Crippen molar-refractivity contribution < 1.29 is 18.8 Å². The summed E-state index contributed by atoms with van der Waals surface area (Å²) in [5.74, 6) is 0.217. The normalized spacial score (nSPS) is 21.7. The van der Waals surface area contributed by atoms with Crippen LogP contribution in [0, 0.1) is 5.92 Å². The zero-order chi connectivity index (χ0) is 17.1. The molecule has 7 heteroatoms. The van der Waals surface area contributed by atoms with Crippen LogP contribution in [0.2, 0.25) is 0 Å². The van der Waals surface area contributed by atoms with E-state index in [0.29, 0.717) is 38.5 Å². The van der Waals surface area contributed by atoms with Crippen molar-refractivity contribution in [3.63, 3.8) is 0 Å². The molecule has 0 aliphatic carbocycles. The summed E-state index contributed by atoms with van der Waals surface area (Å²) in [6, 6.07) is 3.34. The van der Waals surface area contributed by atoms with Gasteiger partial charge in [-0.2, -0.15) is 0 Å². The Balaban J connectivity index is 1.53. The van der Waals surface area contributed by atoms with Gasteiger partial charge >= 0.3 is 0 Å². The van der Waals surface area contributed by atoms with E-state index in [1.54, 1.807) is 28.9 Å². The first-order chi connectivity index (χ1) is 11.6. The molecule has 1 aromatic rings. The molecule has 0 radical (unpaired) electrons. The lowest BCUT2D eigenvalue weighted by atomic mass is 9.96. The highest BCUT2D eigenvalue weighted by Gasteiger charge is 2.32. The zero-order valence-electron chi connectivity index (χ0n) is 13.9. The maximum absolute atomic E-state index is 12.7. The molecule has 0 aromatic carbocycles. The first-order valence-electron chi connectivity index (χ1n) is 8.43. The molecule has 1 unspecified atom stereocenters. The number of nitrogens with zero attached hydrogens (tertiary/aromatic N) is 3. The minimum absolute atomic E-state index is 0.0290. The van der Waals surface area contributed by atoms with Gasteiger partial charge in [0.15, 0.2) is 5.76 Å². The largest absolute Gasteiger partial charge is 0.459 e. The number of rotatable bonds is 2. The molecule has 24 heavy (non-hydrogen) atoms. The van der Waals surface area contributed by atoms with Crippen molar-refractivity contribution in [1.29, 1.82) is 0 Å². The van der Waals surface area contributed by atoms with Crippen molar-refractivity contribution in [3.05, 3.63) is 24.2 Å². The molecule has 0 N–H and O–H groups in total. The number of piperidine rings is 1. The first kappa shape index (κ1) is 16.5. The van der Waals surface area contributed by atoms with Gasteiger partial charge in [-0.05, 0) is 25.0 Å². The van der Waals surface area contributed by atoms with Crippen molar-refractivity contribution in [1.82, 2.24) is 14.7 Å². The molecule has 0 saturated carbocycles. The van der Waals surface area contributed by atoms with Gasteiger partial charge in [-0.3, -0.25) is 14.4 Å². The van der Waals surface area contributed by atoms with Gasteiger partial charge in [-0.1, -0.05) is 0 Å². The predicted molar refractivity (Wildman–Crippen MR) is 86.2 cm³/mol. The van der Waals surface area contributed by atoms with E-state index >= 15 is 0 Å². The van der Waals surface area contributed by atoms with Crippen LogP contribution in [0.1, 0.15) is 30.3 Å². The van der Waals surface area contributed by atoms with Crippen LogP contribution < -0.4 is 0 Å². The maximum atomic E-state index is 12.7. The van der Waals surface area contributed by atoms with E-state index in [9.17, 15) is 14.4 Å². The Morgan fingerprint density at radius 1 is 1.04 bits per heavy atom. The zero-order valence-corrected chi connectivity index (χ0v) is 13.9. The average molecular weight is 333 g/mol. The SMILES string of the molecule is CC(=O)N1CCCC(C(=O)N2CCN(C(=O)c3ccco3)CC2)C1. The summed E-state index contributed by atoms with van der Waals surface area (Å²) in [5, 5.41) is 0. The molecule has 2 aliphatic heterocycles. The molecular formula is C17H23N3O4. The highest BCUT2D eigenvalue weighted by Crippen LogP contribution is 2.20. The van der Waals surface area contributed by atoms with Crippen LogP contribution in [0.5, 0.6) is 0 Å². The van der Waals surface area contributed by atoms with Gasteiger partial charge in [0, 0.05) is 46.2 Å². The van der Waals surface area contributed by atoms with Crippen molar-refractivity contribution in [2.45, 2.75) is 19.8 Å². The molecule has 3 heterocycles. The molecule has 3 amide bonds. The number of hydrogen-bond acceptors (Lipinski definition) is 4. The van der Waals surface area contributed by atoms with Gasteiger partial charge in [0.1, 0.15) is 0 Å².